The largest absolute Gasteiger partial charge is 0.325 e. The van der Waals surface area contributed by atoms with E-state index in [1.54, 1.807) is 6.92 Å². The van der Waals surface area contributed by atoms with Crippen molar-refractivity contribution in [2.24, 2.45) is 0 Å². The van der Waals surface area contributed by atoms with Gasteiger partial charge in [-0.2, -0.15) is 0 Å². The predicted molar refractivity (Wildman–Crippen MR) is 102 cm³/mol. The van der Waals surface area contributed by atoms with Crippen molar-refractivity contribution in [3.05, 3.63) is 59.9 Å². The Bertz CT molecular complexity index is 1020. The number of nitrogens with one attached hydrogen (secondary N) is 1. The van der Waals surface area contributed by atoms with Gasteiger partial charge in [-0.05, 0) is 38.0 Å². The number of aromatic nitrogens is 2. The maximum atomic E-state index is 13.3. The Kier molecular flexibility index (Phi) is 4.78. The quantitative estimate of drug-likeness (QED) is 0.501. The van der Waals surface area contributed by atoms with Crippen LogP contribution in [0.4, 0.5) is 14.5 Å². The number of benzene rings is 2. The van der Waals surface area contributed by atoms with Crippen molar-refractivity contribution >= 4 is 34.3 Å². The summed E-state index contributed by atoms with van der Waals surface area (Å²) in [5.74, 6) is -1.02. The highest BCUT2D eigenvalue weighted by molar-refractivity contribution is 8.00. The van der Waals surface area contributed by atoms with E-state index in [0.717, 1.165) is 46.7 Å². The first-order chi connectivity index (χ1) is 13.0. The minimum atomic E-state index is -0.996. The van der Waals surface area contributed by atoms with Gasteiger partial charge in [0, 0.05) is 23.1 Å². The number of hydrogen-bond acceptors (Lipinski definition) is 4. The molecule has 4 rings (SSSR count). The average molecular weight is 385 g/mol. The van der Waals surface area contributed by atoms with Gasteiger partial charge in [-0.25, -0.2) is 18.7 Å². The minimum absolute atomic E-state index is 0.220. The molecule has 0 aliphatic heterocycles. The molecule has 1 heterocycles. The lowest BCUT2D eigenvalue weighted by Gasteiger charge is -2.14. The predicted octanol–water partition coefficient (Wildman–Crippen LogP) is 4.90. The molecular weight excluding hydrogens is 368 g/mol. The highest BCUT2D eigenvalue weighted by atomic mass is 32.2. The summed E-state index contributed by atoms with van der Waals surface area (Å²) in [6.07, 6.45) is 2.18. The molecule has 1 aliphatic rings. The van der Waals surface area contributed by atoms with E-state index in [4.69, 9.17) is 0 Å². The standard InChI is InChI=1S/C20H17F2N3OS/c1-11(19(26)23-13-8-9-15(21)16(22)10-13)27-20-14-4-2-3-5-17(14)24-18(25-20)12-6-7-12/h2-5,8-12H,6-7H2,1H3,(H,23,26). The molecule has 1 atom stereocenters. The topological polar surface area (TPSA) is 54.9 Å². The molecule has 27 heavy (non-hydrogen) atoms. The zero-order valence-corrected chi connectivity index (χ0v) is 15.4. The van der Waals surface area contributed by atoms with Crippen LogP contribution in [0.25, 0.3) is 10.9 Å². The Hall–Kier alpha value is -2.54. The summed E-state index contributed by atoms with van der Waals surface area (Å²) < 4.78 is 26.4. The number of hydrogen-bond donors (Lipinski definition) is 1. The van der Waals surface area contributed by atoms with E-state index in [1.165, 1.54) is 17.8 Å². The first kappa shape index (κ1) is 17.9. The Labute approximate surface area is 159 Å². The van der Waals surface area contributed by atoms with Crippen LogP contribution in [0.5, 0.6) is 0 Å². The van der Waals surface area contributed by atoms with E-state index in [0.29, 0.717) is 5.92 Å². The van der Waals surface area contributed by atoms with Crippen LogP contribution in [0.1, 0.15) is 31.5 Å². The van der Waals surface area contributed by atoms with E-state index in [9.17, 15) is 13.6 Å². The maximum absolute atomic E-state index is 13.3. The first-order valence-corrected chi connectivity index (χ1v) is 9.58. The van der Waals surface area contributed by atoms with Crippen molar-refractivity contribution in [1.29, 1.82) is 0 Å². The van der Waals surface area contributed by atoms with Gasteiger partial charge in [-0.1, -0.05) is 30.0 Å². The van der Waals surface area contributed by atoms with Gasteiger partial charge in [0.05, 0.1) is 10.8 Å². The van der Waals surface area contributed by atoms with E-state index < -0.39 is 16.9 Å². The number of carbonyl (C=O) groups is 1. The molecule has 3 aromatic rings. The number of halogens is 2. The lowest BCUT2D eigenvalue weighted by molar-refractivity contribution is -0.115. The summed E-state index contributed by atoms with van der Waals surface area (Å²) in [4.78, 5) is 21.8. The molecule has 2 aromatic carbocycles. The van der Waals surface area contributed by atoms with Crippen molar-refractivity contribution in [2.75, 3.05) is 5.32 Å². The molecule has 138 valence electrons. The molecule has 1 fully saturated rings. The normalized spacial score (nSPS) is 14.9. The second-order valence-electron chi connectivity index (χ2n) is 6.56. The molecular formula is C20H17F2N3OS. The number of para-hydroxylation sites is 1. The molecule has 1 saturated carbocycles. The van der Waals surface area contributed by atoms with Gasteiger partial charge < -0.3 is 5.32 Å². The smallest absolute Gasteiger partial charge is 0.237 e. The van der Waals surface area contributed by atoms with Crippen molar-refractivity contribution in [3.63, 3.8) is 0 Å². The number of rotatable bonds is 5. The van der Waals surface area contributed by atoms with E-state index >= 15 is 0 Å². The van der Waals surface area contributed by atoms with Crippen LogP contribution in [0.15, 0.2) is 47.5 Å². The fraction of sp³-hybridized carbons (Fsp3) is 0.250. The molecule has 0 bridgehead atoms. The first-order valence-electron chi connectivity index (χ1n) is 8.70. The Balaban J connectivity index is 1.55. The fourth-order valence-corrected chi connectivity index (χ4v) is 3.66. The lowest BCUT2D eigenvalue weighted by atomic mass is 10.2. The van der Waals surface area contributed by atoms with Gasteiger partial charge in [-0.3, -0.25) is 4.79 Å². The summed E-state index contributed by atoms with van der Waals surface area (Å²) in [5, 5.41) is 3.81. The van der Waals surface area contributed by atoms with Gasteiger partial charge in [0.2, 0.25) is 5.91 Å². The van der Waals surface area contributed by atoms with Crippen molar-refractivity contribution in [3.8, 4) is 0 Å². The fourth-order valence-electron chi connectivity index (χ4n) is 2.72. The summed E-state index contributed by atoms with van der Waals surface area (Å²) in [5.41, 5.74) is 1.09. The SMILES string of the molecule is CC(Sc1nc(C2CC2)nc2ccccc12)C(=O)Nc1ccc(F)c(F)c1. The van der Waals surface area contributed by atoms with Crippen LogP contribution in [0.2, 0.25) is 0 Å². The second-order valence-corrected chi connectivity index (χ2v) is 7.89. The average Bonchev–Trinajstić information content (AvgIpc) is 3.50. The number of amides is 1. The van der Waals surface area contributed by atoms with Gasteiger partial charge in [0.15, 0.2) is 11.6 Å². The van der Waals surface area contributed by atoms with Gasteiger partial charge in [0.1, 0.15) is 10.9 Å². The Morgan fingerprint density at radius 2 is 1.93 bits per heavy atom. The summed E-state index contributed by atoms with van der Waals surface area (Å²) in [7, 11) is 0. The Morgan fingerprint density at radius 3 is 2.67 bits per heavy atom. The summed E-state index contributed by atoms with van der Waals surface area (Å²) in [6.45, 7) is 1.76. The molecule has 0 saturated heterocycles. The zero-order chi connectivity index (χ0) is 19.0. The van der Waals surface area contributed by atoms with Crippen LogP contribution in [0.3, 0.4) is 0 Å². The summed E-state index contributed by atoms with van der Waals surface area (Å²) in [6, 6.07) is 11.0. The van der Waals surface area contributed by atoms with E-state index in [2.05, 4.69) is 15.3 Å². The van der Waals surface area contributed by atoms with Crippen molar-refractivity contribution in [2.45, 2.75) is 36.0 Å². The second kappa shape index (κ2) is 7.23. The zero-order valence-electron chi connectivity index (χ0n) is 14.6. The van der Waals surface area contributed by atoms with Crippen molar-refractivity contribution < 1.29 is 13.6 Å². The van der Waals surface area contributed by atoms with Crippen LogP contribution < -0.4 is 5.32 Å². The molecule has 4 nitrogen and oxygen atoms in total. The van der Waals surface area contributed by atoms with Crippen LogP contribution in [-0.4, -0.2) is 21.1 Å². The molecule has 1 N–H and O–H groups in total. The highest BCUT2D eigenvalue weighted by Crippen LogP contribution is 2.40. The molecule has 1 aliphatic carbocycles. The van der Waals surface area contributed by atoms with E-state index in [-0.39, 0.29) is 11.6 Å². The van der Waals surface area contributed by atoms with Gasteiger partial charge >= 0.3 is 0 Å². The van der Waals surface area contributed by atoms with Crippen LogP contribution >= 0.6 is 11.8 Å². The molecule has 1 unspecified atom stereocenters. The number of nitrogens with zero attached hydrogens (tertiary/aromatic N) is 2. The molecule has 0 radical (unpaired) electrons. The minimum Gasteiger partial charge on any atom is -0.325 e. The Morgan fingerprint density at radius 1 is 1.15 bits per heavy atom. The third-order valence-electron chi connectivity index (χ3n) is 4.37. The van der Waals surface area contributed by atoms with Gasteiger partial charge in [0.25, 0.3) is 0 Å². The van der Waals surface area contributed by atoms with Crippen LogP contribution in [-0.2, 0) is 4.79 Å². The van der Waals surface area contributed by atoms with Crippen molar-refractivity contribution in [1.82, 2.24) is 9.97 Å². The molecule has 1 amide bonds. The number of thioether (sulfide) groups is 1. The lowest BCUT2D eigenvalue weighted by Crippen LogP contribution is -2.22. The highest BCUT2D eigenvalue weighted by Gasteiger charge is 2.28. The third-order valence-corrected chi connectivity index (χ3v) is 5.47. The summed E-state index contributed by atoms with van der Waals surface area (Å²) >= 11 is 1.34. The molecule has 7 heteroatoms. The number of fused-ring (bicyclic) bond motifs is 1. The van der Waals surface area contributed by atoms with Crippen LogP contribution in [0, 0.1) is 11.6 Å². The molecule has 0 spiro atoms. The molecule has 1 aromatic heterocycles. The maximum Gasteiger partial charge on any atom is 0.237 e. The third kappa shape index (κ3) is 3.93. The number of carbonyl (C=O) groups excluding carboxylic acids is 1. The van der Waals surface area contributed by atoms with E-state index in [1.807, 2.05) is 24.3 Å². The number of anilines is 1. The van der Waals surface area contributed by atoms with Gasteiger partial charge in [-0.15, -0.1) is 0 Å². The monoisotopic (exact) mass is 385 g/mol.